The van der Waals surface area contributed by atoms with Crippen molar-refractivity contribution < 1.29 is 9.21 Å². The van der Waals surface area contributed by atoms with Crippen molar-refractivity contribution in [2.24, 2.45) is 0 Å². The summed E-state index contributed by atoms with van der Waals surface area (Å²) in [6.45, 7) is 0. The van der Waals surface area contributed by atoms with E-state index in [2.05, 4.69) is 4.98 Å². The summed E-state index contributed by atoms with van der Waals surface area (Å²) in [5, 5.41) is 0.706. The van der Waals surface area contributed by atoms with Gasteiger partial charge in [0.25, 0.3) is 0 Å². The molecule has 0 aliphatic heterocycles. The molecule has 3 nitrogen and oxygen atoms in total. The van der Waals surface area contributed by atoms with Crippen molar-refractivity contribution in [3.05, 3.63) is 52.7 Å². The van der Waals surface area contributed by atoms with Crippen LogP contribution in [0.1, 0.15) is 17.2 Å². The number of aldehydes is 1. The fourth-order valence-corrected chi connectivity index (χ4v) is 1.51. The summed E-state index contributed by atoms with van der Waals surface area (Å²) in [6, 6.07) is 7.50. The third kappa shape index (κ3) is 2.70. The Balaban J connectivity index is 2.08. The van der Waals surface area contributed by atoms with E-state index in [9.17, 15) is 4.79 Å². The average Bonchev–Trinajstić information content (AvgIpc) is 2.70. The minimum absolute atomic E-state index is 0.271. The molecule has 16 heavy (non-hydrogen) atoms. The van der Waals surface area contributed by atoms with Crippen LogP contribution in [0.25, 0.3) is 0 Å². The summed E-state index contributed by atoms with van der Waals surface area (Å²) in [6.07, 6.45) is 3.26. The van der Waals surface area contributed by atoms with E-state index in [4.69, 9.17) is 16.0 Å². The van der Waals surface area contributed by atoms with E-state index >= 15 is 0 Å². The van der Waals surface area contributed by atoms with Gasteiger partial charge >= 0.3 is 0 Å². The normalized spacial score (nSPS) is 10.3. The fraction of sp³-hybridized carbons (Fsp3) is 0.167. The quantitative estimate of drug-likeness (QED) is 0.766. The van der Waals surface area contributed by atoms with E-state index in [1.807, 2.05) is 24.3 Å². The van der Waals surface area contributed by atoms with Gasteiger partial charge in [-0.25, -0.2) is 4.98 Å². The zero-order chi connectivity index (χ0) is 11.4. The highest BCUT2D eigenvalue weighted by Gasteiger charge is 2.04. The molecule has 0 aliphatic rings. The molecule has 1 aromatic heterocycles. The van der Waals surface area contributed by atoms with Crippen LogP contribution in [-0.4, -0.2) is 11.3 Å². The topological polar surface area (TPSA) is 43.1 Å². The Hall–Kier alpha value is -1.61. The van der Waals surface area contributed by atoms with Gasteiger partial charge in [0.05, 0.1) is 12.6 Å². The maximum atomic E-state index is 10.3. The van der Waals surface area contributed by atoms with Crippen LogP contribution in [0.15, 0.2) is 34.9 Å². The Morgan fingerprint density at radius 2 is 2.06 bits per heavy atom. The number of carbonyl (C=O) groups is 1. The third-order valence-electron chi connectivity index (χ3n) is 2.15. The molecular weight excluding hydrogens is 226 g/mol. The molecule has 2 aromatic rings. The first kappa shape index (κ1) is 10.9. The van der Waals surface area contributed by atoms with E-state index < -0.39 is 0 Å². The van der Waals surface area contributed by atoms with Gasteiger partial charge in [0, 0.05) is 11.4 Å². The van der Waals surface area contributed by atoms with Crippen molar-refractivity contribution in [2.45, 2.75) is 12.8 Å². The monoisotopic (exact) mass is 235 g/mol. The second kappa shape index (κ2) is 4.94. The summed E-state index contributed by atoms with van der Waals surface area (Å²) in [5.74, 6) is 1.21. The van der Waals surface area contributed by atoms with Crippen LogP contribution < -0.4 is 0 Å². The number of nitrogens with zero attached hydrogens (tertiary/aromatic N) is 1. The number of oxazole rings is 1. The van der Waals surface area contributed by atoms with Crippen molar-refractivity contribution in [3.63, 3.8) is 0 Å². The highest BCUT2D eigenvalue weighted by atomic mass is 35.5. The molecule has 1 aromatic carbocycles. The summed E-state index contributed by atoms with van der Waals surface area (Å²) in [5.41, 5.74) is 1.07. The van der Waals surface area contributed by atoms with Crippen molar-refractivity contribution in [2.75, 3.05) is 0 Å². The SMILES string of the molecule is O=CCc1cnc(Cc2ccc(Cl)cc2)o1. The van der Waals surface area contributed by atoms with Crippen LogP contribution in [-0.2, 0) is 17.6 Å². The van der Waals surface area contributed by atoms with Crippen LogP contribution in [0, 0.1) is 0 Å². The molecule has 0 unspecified atom stereocenters. The number of benzene rings is 1. The summed E-state index contributed by atoms with van der Waals surface area (Å²) in [4.78, 5) is 14.4. The predicted octanol–water partition coefficient (Wildman–Crippen LogP) is 2.66. The molecule has 0 spiro atoms. The standard InChI is InChI=1S/C12H10ClNO2/c13-10-3-1-9(2-4-10)7-12-14-8-11(16-12)5-6-15/h1-4,6,8H,5,7H2. The van der Waals surface area contributed by atoms with Crippen LogP contribution in [0.5, 0.6) is 0 Å². The molecule has 4 heteroatoms. The Bertz CT molecular complexity index is 476. The molecular formula is C12H10ClNO2. The van der Waals surface area contributed by atoms with E-state index in [1.165, 1.54) is 0 Å². The number of hydrogen-bond acceptors (Lipinski definition) is 3. The summed E-state index contributed by atoms with van der Waals surface area (Å²) >= 11 is 5.78. The van der Waals surface area contributed by atoms with Crippen LogP contribution >= 0.6 is 11.6 Å². The van der Waals surface area contributed by atoms with Crippen molar-refractivity contribution in [1.29, 1.82) is 0 Å². The molecule has 82 valence electrons. The molecule has 0 N–H and O–H groups in total. The van der Waals surface area contributed by atoms with Gasteiger partial charge in [-0.3, -0.25) is 0 Å². The van der Waals surface area contributed by atoms with Gasteiger partial charge in [-0.1, -0.05) is 23.7 Å². The maximum Gasteiger partial charge on any atom is 0.198 e. The van der Waals surface area contributed by atoms with E-state index in [-0.39, 0.29) is 6.42 Å². The lowest BCUT2D eigenvalue weighted by Gasteiger charge is -1.97. The van der Waals surface area contributed by atoms with Crippen LogP contribution in [0.2, 0.25) is 5.02 Å². The summed E-state index contributed by atoms with van der Waals surface area (Å²) < 4.78 is 5.38. The minimum Gasteiger partial charge on any atom is -0.445 e. The van der Waals surface area contributed by atoms with Crippen molar-refractivity contribution in [3.8, 4) is 0 Å². The van der Waals surface area contributed by atoms with E-state index in [1.54, 1.807) is 6.20 Å². The Morgan fingerprint density at radius 3 is 2.75 bits per heavy atom. The van der Waals surface area contributed by atoms with Crippen LogP contribution in [0.3, 0.4) is 0 Å². The lowest BCUT2D eigenvalue weighted by atomic mass is 10.1. The lowest BCUT2D eigenvalue weighted by Crippen LogP contribution is -1.87. The highest BCUT2D eigenvalue weighted by Crippen LogP contribution is 2.13. The molecule has 2 rings (SSSR count). The zero-order valence-electron chi connectivity index (χ0n) is 8.52. The minimum atomic E-state index is 0.271. The average molecular weight is 236 g/mol. The summed E-state index contributed by atoms with van der Waals surface area (Å²) in [7, 11) is 0. The molecule has 0 atom stereocenters. The van der Waals surface area contributed by atoms with E-state index in [0.717, 1.165) is 11.8 Å². The van der Waals surface area contributed by atoms with Crippen molar-refractivity contribution >= 4 is 17.9 Å². The molecule has 0 aliphatic carbocycles. The first-order valence-corrected chi connectivity index (χ1v) is 5.27. The molecule has 1 heterocycles. The van der Waals surface area contributed by atoms with Crippen molar-refractivity contribution in [1.82, 2.24) is 4.98 Å². The largest absolute Gasteiger partial charge is 0.445 e. The van der Waals surface area contributed by atoms with Gasteiger partial charge in [-0.2, -0.15) is 0 Å². The first-order chi connectivity index (χ1) is 7.78. The maximum absolute atomic E-state index is 10.3. The number of carbonyl (C=O) groups excluding carboxylic acids is 1. The first-order valence-electron chi connectivity index (χ1n) is 4.89. The molecule has 0 amide bonds. The highest BCUT2D eigenvalue weighted by molar-refractivity contribution is 6.30. The predicted molar refractivity (Wildman–Crippen MR) is 60.5 cm³/mol. The fourth-order valence-electron chi connectivity index (χ4n) is 1.38. The molecule has 0 saturated carbocycles. The van der Waals surface area contributed by atoms with E-state index in [0.29, 0.717) is 23.1 Å². The van der Waals surface area contributed by atoms with Gasteiger partial charge in [0.1, 0.15) is 12.0 Å². The number of hydrogen-bond donors (Lipinski definition) is 0. The molecule has 0 saturated heterocycles. The smallest absolute Gasteiger partial charge is 0.198 e. The zero-order valence-corrected chi connectivity index (χ0v) is 9.28. The number of aromatic nitrogens is 1. The molecule has 0 bridgehead atoms. The molecule has 0 radical (unpaired) electrons. The number of halogens is 1. The van der Waals surface area contributed by atoms with Gasteiger partial charge in [0.2, 0.25) is 0 Å². The second-order valence-corrected chi connectivity index (χ2v) is 3.83. The Kier molecular flexibility index (Phi) is 3.37. The third-order valence-corrected chi connectivity index (χ3v) is 2.41. The van der Waals surface area contributed by atoms with Gasteiger partial charge in [-0.05, 0) is 17.7 Å². The van der Waals surface area contributed by atoms with Gasteiger partial charge in [0.15, 0.2) is 5.89 Å². The second-order valence-electron chi connectivity index (χ2n) is 3.39. The van der Waals surface area contributed by atoms with Gasteiger partial charge in [-0.15, -0.1) is 0 Å². The Labute approximate surface area is 98.1 Å². The molecule has 0 fully saturated rings. The Morgan fingerprint density at radius 1 is 1.31 bits per heavy atom. The van der Waals surface area contributed by atoms with Gasteiger partial charge < -0.3 is 9.21 Å². The number of rotatable bonds is 4. The lowest BCUT2D eigenvalue weighted by molar-refractivity contribution is -0.107. The van der Waals surface area contributed by atoms with Crippen LogP contribution in [0.4, 0.5) is 0 Å².